The SMILES string of the molecule is CC.CC.CC.CC(C)=CC(c1cc(C)cc[n+]1C)=[N+](C)C. The van der Waals surface area contributed by atoms with E-state index in [9.17, 15) is 0 Å². The molecular weight excluding hydrogens is 268 g/mol. The molecule has 22 heavy (non-hydrogen) atoms. The zero-order valence-corrected chi connectivity index (χ0v) is 17.2. The largest absolute Gasteiger partial charge is 0.276 e. The summed E-state index contributed by atoms with van der Waals surface area (Å²) < 4.78 is 4.31. The molecule has 0 aliphatic heterocycles. The van der Waals surface area contributed by atoms with Crippen molar-refractivity contribution in [2.75, 3.05) is 14.1 Å². The molecule has 0 fully saturated rings. The minimum Gasteiger partial charge on any atom is -0.230 e. The highest BCUT2D eigenvalue weighted by atomic mass is 15.0. The molecule has 0 aliphatic rings. The van der Waals surface area contributed by atoms with E-state index < -0.39 is 0 Å². The summed E-state index contributed by atoms with van der Waals surface area (Å²) >= 11 is 0. The Balaban J connectivity index is -0.000000535. The summed E-state index contributed by atoms with van der Waals surface area (Å²) in [5.41, 5.74) is 5.08. The Morgan fingerprint density at radius 3 is 1.82 bits per heavy atom. The van der Waals surface area contributed by atoms with Gasteiger partial charge in [-0.3, -0.25) is 0 Å². The minimum absolute atomic E-state index is 1.24. The lowest BCUT2D eigenvalue weighted by Gasteiger charge is -2.01. The second-order valence-corrected chi connectivity index (χ2v) is 4.70. The van der Waals surface area contributed by atoms with Gasteiger partial charge in [-0.15, -0.1) is 0 Å². The predicted octanol–water partition coefficient (Wildman–Crippen LogP) is 4.93. The Morgan fingerprint density at radius 2 is 1.45 bits per heavy atom. The zero-order valence-electron chi connectivity index (χ0n) is 17.2. The Labute approximate surface area is 140 Å². The highest BCUT2D eigenvalue weighted by molar-refractivity contribution is 6.03. The Morgan fingerprint density at radius 1 is 1.00 bits per heavy atom. The first-order valence-corrected chi connectivity index (χ1v) is 8.57. The van der Waals surface area contributed by atoms with Crippen molar-refractivity contribution < 1.29 is 9.14 Å². The summed E-state index contributed by atoms with van der Waals surface area (Å²) in [6.07, 6.45) is 4.32. The van der Waals surface area contributed by atoms with Crippen LogP contribution in [0.2, 0.25) is 0 Å². The van der Waals surface area contributed by atoms with E-state index in [0.29, 0.717) is 0 Å². The number of nitrogens with zero attached hydrogens (tertiary/aromatic N) is 2. The zero-order chi connectivity index (χ0) is 18.3. The van der Waals surface area contributed by atoms with Crippen molar-refractivity contribution in [3.05, 3.63) is 41.2 Å². The third-order valence-corrected chi connectivity index (χ3v) is 2.48. The van der Waals surface area contributed by atoms with E-state index in [4.69, 9.17) is 0 Å². The van der Waals surface area contributed by atoms with Crippen molar-refractivity contribution in [3.8, 4) is 0 Å². The number of rotatable bonds is 2. The van der Waals surface area contributed by atoms with Gasteiger partial charge in [0.15, 0.2) is 6.20 Å². The van der Waals surface area contributed by atoms with Gasteiger partial charge in [0.05, 0.1) is 0 Å². The minimum atomic E-state index is 1.24. The molecule has 0 atom stereocenters. The van der Waals surface area contributed by atoms with Gasteiger partial charge < -0.3 is 0 Å². The molecule has 1 aromatic heterocycles. The molecule has 128 valence electrons. The van der Waals surface area contributed by atoms with Crippen LogP contribution < -0.4 is 4.57 Å². The fraction of sp³-hybridized carbons (Fsp3) is 0.600. The molecule has 0 amide bonds. The topological polar surface area (TPSA) is 6.89 Å². The standard InChI is InChI=1S/C14H22N2.3C2H6/c1-11(2)9-13(15(4)5)14-10-12(3)7-8-16(14)6;3*1-2/h7-10H,1-6H3;3*1-2H3/q+2;;;. The van der Waals surface area contributed by atoms with Crippen LogP contribution in [-0.2, 0) is 7.05 Å². The van der Waals surface area contributed by atoms with Crippen LogP contribution in [0.4, 0.5) is 0 Å². The van der Waals surface area contributed by atoms with Gasteiger partial charge in [0.2, 0.25) is 0 Å². The van der Waals surface area contributed by atoms with Crippen LogP contribution in [0.5, 0.6) is 0 Å². The Kier molecular flexibility index (Phi) is 18.5. The van der Waals surface area contributed by atoms with Gasteiger partial charge in [0, 0.05) is 18.2 Å². The van der Waals surface area contributed by atoms with Crippen LogP contribution >= 0.6 is 0 Å². The van der Waals surface area contributed by atoms with Crippen molar-refractivity contribution in [1.29, 1.82) is 0 Å². The molecular formula is C20H40N2+2. The molecule has 0 N–H and O–H groups in total. The number of allylic oxidation sites excluding steroid dienone is 2. The molecule has 0 unspecified atom stereocenters. The molecule has 0 saturated heterocycles. The van der Waals surface area contributed by atoms with Crippen LogP contribution in [0.15, 0.2) is 30.0 Å². The fourth-order valence-electron chi connectivity index (χ4n) is 1.64. The van der Waals surface area contributed by atoms with Crippen LogP contribution in [0.25, 0.3) is 0 Å². The lowest BCUT2D eigenvalue weighted by molar-refractivity contribution is -0.675. The molecule has 0 aromatic carbocycles. The first-order chi connectivity index (χ1) is 10.4. The second kappa shape index (κ2) is 15.9. The van der Waals surface area contributed by atoms with Gasteiger partial charge in [-0.1, -0.05) is 47.1 Å². The Hall–Kier alpha value is -1.44. The third-order valence-electron chi connectivity index (χ3n) is 2.48. The van der Waals surface area contributed by atoms with Gasteiger partial charge in [0.1, 0.15) is 21.1 Å². The number of hydrogen-bond donors (Lipinski definition) is 0. The summed E-state index contributed by atoms with van der Waals surface area (Å²) in [6, 6.07) is 4.34. The lowest BCUT2D eigenvalue weighted by atomic mass is 10.1. The van der Waals surface area contributed by atoms with Gasteiger partial charge in [-0.05, 0) is 26.3 Å². The molecule has 0 radical (unpaired) electrons. The van der Waals surface area contributed by atoms with E-state index in [-0.39, 0.29) is 0 Å². The summed E-state index contributed by atoms with van der Waals surface area (Å²) in [5, 5.41) is 0. The van der Waals surface area contributed by atoms with Crippen LogP contribution in [-0.4, -0.2) is 24.4 Å². The van der Waals surface area contributed by atoms with E-state index in [1.165, 1.54) is 22.5 Å². The normalized spacial score (nSPS) is 8.00. The molecule has 0 spiro atoms. The fourth-order valence-corrected chi connectivity index (χ4v) is 1.64. The highest BCUT2D eigenvalue weighted by Crippen LogP contribution is 2.03. The van der Waals surface area contributed by atoms with Crippen LogP contribution in [0.3, 0.4) is 0 Å². The van der Waals surface area contributed by atoms with E-state index in [0.717, 1.165) is 0 Å². The first-order valence-electron chi connectivity index (χ1n) is 8.57. The molecule has 0 aliphatic carbocycles. The molecule has 1 rings (SSSR count). The van der Waals surface area contributed by atoms with E-state index >= 15 is 0 Å². The van der Waals surface area contributed by atoms with Crippen molar-refractivity contribution in [3.63, 3.8) is 0 Å². The number of aromatic nitrogens is 1. The van der Waals surface area contributed by atoms with Gasteiger partial charge >= 0.3 is 0 Å². The number of pyridine rings is 1. The number of aryl methyl sites for hydroxylation is 2. The molecule has 2 nitrogen and oxygen atoms in total. The van der Waals surface area contributed by atoms with Crippen LogP contribution in [0.1, 0.15) is 66.6 Å². The van der Waals surface area contributed by atoms with E-state index in [2.05, 4.69) is 75.5 Å². The summed E-state index contributed by atoms with van der Waals surface area (Å²) in [7, 11) is 6.24. The van der Waals surface area contributed by atoms with Gasteiger partial charge in [-0.25, -0.2) is 4.58 Å². The van der Waals surface area contributed by atoms with Crippen molar-refractivity contribution in [2.45, 2.75) is 62.3 Å². The second-order valence-electron chi connectivity index (χ2n) is 4.70. The quantitative estimate of drug-likeness (QED) is 0.540. The summed E-state index contributed by atoms with van der Waals surface area (Å²) in [5.74, 6) is 0. The molecule has 2 heteroatoms. The smallest absolute Gasteiger partial charge is 0.230 e. The van der Waals surface area contributed by atoms with Crippen molar-refractivity contribution >= 4 is 5.71 Å². The monoisotopic (exact) mass is 308 g/mol. The lowest BCUT2D eigenvalue weighted by Crippen LogP contribution is -2.37. The van der Waals surface area contributed by atoms with Crippen molar-refractivity contribution in [1.82, 2.24) is 0 Å². The Bertz CT molecular complexity index is 447. The average molecular weight is 309 g/mol. The molecule has 1 aromatic rings. The number of hydrogen-bond acceptors (Lipinski definition) is 0. The molecule has 1 heterocycles. The van der Waals surface area contributed by atoms with E-state index in [1.54, 1.807) is 0 Å². The van der Waals surface area contributed by atoms with Gasteiger partial charge in [0.25, 0.3) is 11.4 Å². The third kappa shape index (κ3) is 10.3. The summed E-state index contributed by atoms with van der Waals surface area (Å²) in [6.45, 7) is 18.4. The average Bonchev–Trinajstić information content (AvgIpc) is 2.53. The summed E-state index contributed by atoms with van der Waals surface area (Å²) in [4.78, 5) is 0. The molecule has 0 saturated carbocycles. The maximum atomic E-state index is 2.22. The molecule has 0 bridgehead atoms. The van der Waals surface area contributed by atoms with Crippen LogP contribution in [0, 0.1) is 6.92 Å². The maximum Gasteiger partial charge on any atom is 0.276 e. The highest BCUT2D eigenvalue weighted by Gasteiger charge is 2.19. The van der Waals surface area contributed by atoms with E-state index in [1.807, 2.05) is 41.5 Å². The first kappa shape index (κ1) is 25.5. The van der Waals surface area contributed by atoms with Crippen molar-refractivity contribution in [2.24, 2.45) is 7.05 Å². The maximum absolute atomic E-state index is 2.22. The predicted molar refractivity (Wildman–Crippen MR) is 102 cm³/mol. The van der Waals surface area contributed by atoms with Gasteiger partial charge in [-0.2, -0.15) is 4.57 Å².